The molecular weight excluding hydrogens is 400 g/mol. The molecule has 3 heterocycles. The third kappa shape index (κ3) is 4.84. The minimum Gasteiger partial charge on any atom is -0.387 e. The highest BCUT2D eigenvalue weighted by atomic mass is 16.1. The van der Waals surface area contributed by atoms with E-state index in [4.69, 9.17) is 11.5 Å². The average molecular weight is 429 g/mol. The van der Waals surface area contributed by atoms with Crippen LogP contribution in [0.1, 0.15) is 47.6 Å². The van der Waals surface area contributed by atoms with Crippen molar-refractivity contribution in [3.05, 3.63) is 82.3 Å². The minimum absolute atomic E-state index is 0.0135. The van der Waals surface area contributed by atoms with E-state index in [1.807, 2.05) is 44.2 Å². The summed E-state index contributed by atoms with van der Waals surface area (Å²) in [5.74, 6) is 0.522. The maximum Gasteiger partial charge on any atom is 0.251 e. The van der Waals surface area contributed by atoms with Gasteiger partial charge in [0.05, 0.1) is 23.1 Å². The summed E-state index contributed by atoms with van der Waals surface area (Å²) in [6, 6.07) is 13.7. The second-order valence-corrected chi connectivity index (χ2v) is 8.21. The Morgan fingerprint density at radius 1 is 1.16 bits per heavy atom. The van der Waals surface area contributed by atoms with Crippen molar-refractivity contribution in [3.8, 4) is 0 Å². The smallest absolute Gasteiger partial charge is 0.251 e. The van der Waals surface area contributed by atoms with Gasteiger partial charge in [0, 0.05) is 48.8 Å². The van der Waals surface area contributed by atoms with Gasteiger partial charge >= 0.3 is 0 Å². The first-order valence-electron chi connectivity index (χ1n) is 10.8. The zero-order valence-corrected chi connectivity index (χ0v) is 18.4. The van der Waals surface area contributed by atoms with Crippen molar-refractivity contribution in [3.63, 3.8) is 0 Å². The largest absolute Gasteiger partial charge is 0.387 e. The summed E-state index contributed by atoms with van der Waals surface area (Å²) in [5.41, 5.74) is 18.2. The molecule has 0 spiro atoms. The predicted octanol–water partition coefficient (Wildman–Crippen LogP) is 2.88. The quantitative estimate of drug-likeness (QED) is 0.522. The van der Waals surface area contributed by atoms with Crippen LogP contribution in [0.25, 0.3) is 10.9 Å². The first-order chi connectivity index (χ1) is 15.4. The number of rotatable bonds is 6. The van der Waals surface area contributed by atoms with Gasteiger partial charge in [-0.1, -0.05) is 17.7 Å². The van der Waals surface area contributed by atoms with Crippen molar-refractivity contribution < 1.29 is 4.79 Å². The molecule has 1 aromatic carbocycles. The number of carbonyl (C=O) groups excluding carboxylic acids is 1. The van der Waals surface area contributed by atoms with Gasteiger partial charge in [-0.15, -0.1) is 0 Å². The van der Waals surface area contributed by atoms with Crippen LogP contribution in [0.15, 0.2) is 64.8 Å². The fourth-order valence-electron chi connectivity index (χ4n) is 4.06. The second-order valence-electron chi connectivity index (χ2n) is 8.21. The number of amides is 1. The molecule has 1 aliphatic heterocycles. The van der Waals surface area contributed by atoms with Gasteiger partial charge in [0.1, 0.15) is 0 Å². The molecule has 1 aliphatic rings. The standard InChI is InChI=1S/C25H28N6O/c1-15-9-24(27)30-16(2)22(15)14-29-25(32)19-7-8-28-21(12-19)11-17-3-6-23-18(10-17)4-5-20(13-26)31-23/h3-8,10,12,16H,9,11,13-14,26H2,1-2H3,(H2,27,30)(H,29,32). The summed E-state index contributed by atoms with van der Waals surface area (Å²) < 4.78 is 0. The molecule has 3 aromatic rings. The van der Waals surface area contributed by atoms with Gasteiger partial charge in [0.2, 0.25) is 0 Å². The van der Waals surface area contributed by atoms with Crippen molar-refractivity contribution in [2.75, 3.05) is 6.54 Å². The summed E-state index contributed by atoms with van der Waals surface area (Å²) in [7, 11) is 0. The van der Waals surface area contributed by atoms with E-state index in [1.165, 1.54) is 5.57 Å². The molecule has 32 heavy (non-hydrogen) atoms. The predicted molar refractivity (Wildman–Crippen MR) is 127 cm³/mol. The van der Waals surface area contributed by atoms with Gasteiger partial charge in [-0.25, -0.2) is 0 Å². The Bertz CT molecular complexity index is 1230. The molecule has 1 unspecified atom stereocenters. The van der Waals surface area contributed by atoms with E-state index in [1.54, 1.807) is 12.3 Å². The second kappa shape index (κ2) is 9.28. The van der Waals surface area contributed by atoms with E-state index in [0.29, 0.717) is 37.3 Å². The zero-order chi connectivity index (χ0) is 22.7. The van der Waals surface area contributed by atoms with E-state index < -0.39 is 0 Å². The third-order valence-corrected chi connectivity index (χ3v) is 5.78. The zero-order valence-electron chi connectivity index (χ0n) is 18.4. The SMILES string of the molecule is CC1=C(CNC(=O)c2ccnc(Cc3ccc4nc(CN)ccc4c3)c2)C(C)N=C(N)C1. The molecule has 2 aromatic heterocycles. The first kappa shape index (κ1) is 21.6. The van der Waals surface area contributed by atoms with Crippen molar-refractivity contribution in [2.45, 2.75) is 39.3 Å². The van der Waals surface area contributed by atoms with Crippen LogP contribution < -0.4 is 16.8 Å². The van der Waals surface area contributed by atoms with Crippen LogP contribution in [0.5, 0.6) is 0 Å². The number of hydrogen-bond donors (Lipinski definition) is 3. The molecule has 7 heteroatoms. The highest BCUT2D eigenvalue weighted by molar-refractivity contribution is 5.94. The Kier molecular flexibility index (Phi) is 6.28. The number of aromatic nitrogens is 2. The van der Waals surface area contributed by atoms with Crippen LogP contribution >= 0.6 is 0 Å². The van der Waals surface area contributed by atoms with Crippen LogP contribution in [0.3, 0.4) is 0 Å². The lowest BCUT2D eigenvalue weighted by Gasteiger charge is -2.22. The van der Waals surface area contributed by atoms with Gasteiger partial charge in [0.25, 0.3) is 5.91 Å². The highest BCUT2D eigenvalue weighted by Crippen LogP contribution is 2.20. The van der Waals surface area contributed by atoms with Crippen molar-refractivity contribution in [2.24, 2.45) is 16.5 Å². The minimum atomic E-state index is -0.124. The van der Waals surface area contributed by atoms with Crippen LogP contribution in [-0.4, -0.2) is 34.3 Å². The maximum absolute atomic E-state index is 12.8. The normalized spacial score (nSPS) is 16.2. The Balaban J connectivity index is 1.45. The summed E-state index contributed by atoms with van der Waals surface area (Å²) in [6.07, 6.45) is 2.97. The lowest BCUT2D eigenvalue weighted by molar-refractivity contribution is 0.0956. The van der Waals surface area contributed by atoms with Crippen molar-refractivity contribution in [1.29, 1.82) is 0 Å². The molecule has 0 aliphatic carbocycles. The number of hydrogen-bond acceptors (Lipinski definition) is 6. The summed E-state index contributed by atoms with van der Waals surface area (Å²) >= 11 is 0. The molecule has 0 bridgehead atoms. The summed E-state index contributed by atoms with van der Waals surface area (Å²) in [6.45, 7) is 4.92. The Morgan fingerprint density at radius 2 is 2.00 bits per heavy atom. The van der Waals surface area contributed by atoms with E-state index >= 15 is 0 Å². The van der Waals surface area contributed by atoms with Gasteiger partial charge in [-0.3, -0.25) is 19.8 Å². The summed E-state index contributed by atoms with van der Waals surface area (Å²) in [5, 5.41) is 4.07. The number of carbonyl (C=O) groups is 1. The van der Waals surface area contributed by atoms with Crippen LogP contribution in [0.2, 0.25) is 0 Å². The number of nitrogens with one attached hydrogen (secondary N) is 1. The van der Waals surface area contributed by atoms with Gasteiger partial charge in [-0.2, -0.15) is 0 Å². The van der Waals surface area contributed by atoms with Crippen LogP contribution in [0, 0.1) is 0 Å². The molecular formula is C25H28N6O. The lowest BCUT2D eigenvalue weighted by Crippen LogP contribution is -2.32. The molecule has 0 saturated carbocycles. The Labute approximate surface area is 187 Å². The van der Waals surface area contributed by atoms with Gasteiger partial charge in [0.15, 0.2) is 0 Å². The number of amidine groups is 1. The van der Waals surface area contributed by atoms with Crippen molar-refractivity contribution >= 4 is 22.6 Å². The van der Waals surface area contributed by atoms with E-state index in [2.05, 4.69) is 26.3 Å². The topological polar surface area (TPSA) is 119 Å². The van der Waals surface area contributed by atoms with Crippen LogP contribution in [-0.2, 0) is 13.0 Å². The molecule has 7 nitrogen and oxygen atoms in total. The number of nitrogens with zero attached hydrogens (tertiary/aromatic N) is 3. The molecule has 0 saturated heterocycles. The fraction of sp³-hybridized carbons (Fsp3) is 0.280. The van der Waals surface area contributed by atoms with Gasteiger partial charge < -0.3 is 16.8 Å². The number of dihydropyridines is 1. The number of aliphatic imine (C=N–C) groups is 1. The van der Waals surface area contributed by atoms with E-state index in [0.717, 1.165) is 33.4 Å². The third-order valence-electron chi connectivity index (χ3n) is 5.78. The fourth-order valence-corrected chi connectivity index (χ4v) is 4.06. The number of fused-ring (bicyclic) bond motifs is 1. The maximum atomic E-state index is 12.8. The number of pyridine rings is 2. The molecule has 1 amide bonds. The lowest BCUT2D eigenvalue weighted by atomic mass is 9.97. The van der Waals surface area contributed by atoms with Crippen molar-refractivity contribution in [1.82, 2.24) is 15.3 Å². The number of nitrogens with two attached hydrogens (primary N) is 2. The monoisotopic (exact) mass is 428 g/mol. The highest BCUT2D eigenvalue weighted by Gasteiger charge is 2.18. The molecule has 164 valence electrons. The first-order valence-corrected chi connectivity index (χ1v) is 10.8. The molecule has 0 fully saturated rings. The van der Waals surface area contributed by atoms with E-state index in [-0.39, 0.29) is 11.9 Å². The molecule has 1 atom stereocenters. The number of benzene rings is 1. The van der Waals surface area contributed by atoms with Crippen LogP contribution in [0.4, 0.5) is 0 Å². The Morgan fingerprint density at radius 3 is 2.78 bits per heavy atom. The van der Waals surface area contributed by atoms with E-state index in [9.17, 15) is 4.79 Å². The molecule has 4 rings (SSSR count). The summed E-state index contributed by atoms with van der Waals surface area (Å²) in [4.78, 5) is 26.2. The molecule has 5 N–H and O–H groups in total. The molecule has 0 radical (unpaired) electrons. The Hall–Kier alpha value is -3.58. The average Bonchev–Trinajstić information content (AvgIpc) is 2.78. The van der Waals surface area contributed by atoms with Gasteiger partial charge in [-0.05, 0) is 55.3 Å².